The molecule has 3 aromatic carbocycles. The molecule has 0 bridgehead atoms. The number of amides is 4. The zero-order valence-corrected chi connectivity index (χ0v) is 20.9. The highest BCUT2D eigenvalue weighted by atomic mass is 35.5. The smallest absolute Gasteiger partial charge is 0.329 e. The minimum Gasteiger partial charge on any atom is -0.495 e. The lowest BCUT2D eigenvalue weighted by molar-refractivity contribution is -0.127. The minimum atomic E-state index is -0.693. The molecule has 1 saturated heterocycles. The Bertz CT molecular complexity index is 1360. The van der Waals surface area contributed by atoms with Crippen molar-refractivity contribution < 1.29 is 28.6 Å². The Labute approximate surface area is 218 Å². The number of urea groups is 1. The zero-order valence-electron chi connectivity index (χ0n) is 20.1. The molecule has 0 saturated carbocycles. The van der Waals surface area contributed by atoms with Crippen molar-refractivity contribution in [1.82, 2.24) is 10.2 Å². The Morgan fingerprint density at radius 1 is 0.973 bits per heavy atom. The maximum absolute atomic E-state index is 12.8. The molecule has 0 aliphatic carbocycles. The molecule has 0 aromatic heterocycles. The fourth-order valence-corrected chi connectivity index (χ4v) is 3.72. The van der Waals surface area contributed by atoms with Gasteiger partial charge in [-0.15, -0.1) is 0 Å². The molecule has 0 radical (unpaired) electrons. The maximum Gasteiger partial charge on any atom is 0.329 e. The van der Waals surface area contributed by atoms with E-state index < -0.39 is 24.4 Å². The molecular formula is C27H24ClN3O6. The van der Waals surface area contributed by atoms with Crippen LogP contribution in [0, 0.1) is 0 Å². The number of benzene rings is 3. The summed E-state index contributed by atoms with van der Waals surface area (Å²) in [7, 11) is 2.98. The van der Waals surface area contributed by atoms with Crippen LogP contribution in [0.3, 0.4) is 0 Å². The van der Waals surface area contributed by atoms with E-state index in [1.165, 1.54) is 20.3 Å². The molecule has 1 aliphatic rings. The van der Waals surface area contributed by atoms with Gasteiger partial charge in [-0.2, -0.15) is 0 Å². The molecule has 1 heterocycles. The summed E-state index contributed by atoms with van der Waals surface area (Å²) in [4.78, 5) is 38.6. The van der Waals surface area contributed by atoms with Gasteiger partial charge >= 0.3 is 6.03 Å². The van der Waals surface area contributed by atoms with Crippen molar-refractivity contribution in [1.29, 1.82) is 0 Å². The Kier molecular flexibility index (Phi) is 7.95. The van der Waals surface area contributed by atoms with Gasteiger partial charge in [0.25, 0.3) is 5.91 Å². The van der Waals surface area contributed by atoms with E-state index in [0.29, 0.717) is 40.1 Å². The second kappa shape index (κ2) is 11.5. The van der Waals surface area contributed by atoms with Gasteiger partial charge in [0.15, 0.2) is 11.5 Å². The highest BCUT2D eigenvalue weighted by molar-refractivity contribution is 6.30. The number of methoxy groups -OCH3 is 2. The molecule has 0 spiro atoms. The average Bonchev–Trinajstić information content (AvgIpc) is 3.16. The minimum absolute atomic E-state index is 0.0342. The lowest BCUT2D eigenvalue weighted by Gasteiger charge is -2.13. The number of carbonyl (C=O) groups is 3. The lowest BCUT2D eigenvalue weighted by Crippen LogP contribution is -2.38. The SMILES string of the molecule is COc1ccccc1NC(=O)CN1C(=O)N/C(=C/c2ccc(OCc3ccc(Cl)cc3)c(OC)c2)C1=O. The normalized spacial score (nSPS) is 13.9. The molecule has 0 atom stereocenters. The van der Waals surface area contributed by atoms with Crippen LogP contribution in [0.25, 0.3) is 6.08 Å². The van der Waals surface area contributed by atoms with Crippen molar-refractivity contribution in [3.8, 4) is 17.2 Å². The van der Waals surface area contributed by atoms with Gasteiger partial charge in [0.2, 0.25) is 5.91 Å². The van der Waals surface area contributed by atoms with E-state index in [1.807, 2.05) is 12.1 Å². The third-order valence-corrected chi connectivity index (χ3v) is 5.70. The van der Waals surface area contributed by atoms with E-state index in [4.69, 9.17) is 25.8 Å². The second-order valence-electron chi connectivity index (χ2n) is 7.95. The van der Waals surface area contributed by atoms with Gasteiger partial charge in [-0.25, -0.2) is 9.69 Å². The van der Waals surface area contributed by atoms with Crippen LogP contribution in [0.1, 0.15) is 11.1 Å². The van der Waals surface area contributed by atoms with Gasteiger partial charge < -0.3 is 24.8 Å². The summed E-state index contributed by atoms with van der Waals surface area (Å²) in [5, 5.41) is 5.80. The van der Waals surface area contributed by atoms with E-state index in [-0.39, 0.29) is 5.70 Å². The van der Waals surface area contributed by atoms with Crippen molar-refractivity contribution >= 4 is 41.2 Å². The summed E-state index contributed by atoms with van der Waals surface area (Å²) in [5.74, 6) is 0.257. The largest absolute Gasteiger partial charge is 0.495 e. The molecule has 9 nitrogen and oxygen atoms in total. The predicted octanol–water partition coefficient (Wildman–Crippen LogP) is 4.47. The molecule has 1 aliphatic heterocycles. The van der Waals surface area contributed by atoms with Gasteiger partial charge in [0, 0.05) is 5.02 Å². The number of hydrogen-bond acceptors (Lipinski definition) is 6. The number of rotatable bonds is 9. The van der Waals surface area contributed by atoms with Crippen molar-refractivity contribution in [2.45, 2.75) is 6.61 Å². The summed E-state index contributed by atoms with van der Waals surface area (Å²) < 4.78 is 16.5. The lowest BCUT2D eigenvalue weighted by atomic mass is 10.1. The highest BCUT2D eigenvalue weighted by Gasteiger charge is 2.35. The number of ether oxygens (including phenoxy) is 3. The topological polar surface area (TPSA) is 106 Å². The first kappa shape index (κ1) is 25.6. The van der Waals surface area contributed by atoms with Crippen LogP contribution in [-0.4, -0.2) is 43.5 Å². The van der Waals surface area contributed by atoms with Crippen molar-refractivity contribution in [3.63, 3.8) is 0 Å². The third kappa shape index (κ3) is 6.20. The molecule has 2 N–H and O–H groups in total. The van der Waals surface area contributed by atoms with Crippen molar-refractivity contribution in [3.05, 3.63) is 88.6 Å². The Balaban J connectivity index is 1.43. The van der Waals surface area contributed by atoms with Crippen LogP contribution in [0.5, 0.6) is 17.2 Å². The Morgan fingerprint density at radius 3 is 2.43 bits per heavy atom. The summed E-state index contributed by atoms with van der Waals surface area (Å²) >= 11 is 5.92. The first-order valence-electron chi connectivity index (χ1n) is 11.2. The first-order valence-corrected chi connectivity index (χ1v) is 11.6. The Hall–Kier alpha value is -4.50. The van der Waals surface area contributed by atoms with E-state index in [0.717, 1.165) is 10.5 Å². The summed E-state index contributed by atoms with van der Waals surface area (Å²) in [6, 6.07) is 18.6. The van der Waals surface area contributed by atoms with Crippen LogP contribution in [0.2, 0.25) is 5.02 Å². The number of halogens is 1. The number of nitrogens with zero attached hydrogens (tertiary/aromatic N) is 1. The molecule has 3 aromatic rings. The standard InChI is InChI=1S/C27H24ClN3O6/c1-35-22-6-4-3-5-20(22)29-25(32)15-31-26(33)21(30-27(31)34)13-18-9-12-23(24(14-18)36-2)37-16-17-7-10-19(28)11-8-17/h3-14H,15-16H2,1-2H3,(H,29,32)(H,30,34)/b21-13+. The fraction of sp³-hybridized carbons (Fsp3) is 0.148. The van der Waals surface area contributed by atoms with Crippen LogP contribution >= 0.6 is 11.6 Å². The quantitative estimate of drug-likeness (QED) is 0.318. The molecule has 190 valence electrons. The van der Waals surface area contributed by atoms with Crippen LogP contribution in [0.4, 0.5) is 10.5 Å². The highest BCUT2D eigenvalue weighted by Crippen LogP contribution is 2.30. The van der Waals surface area contributed by atoms with E-state index in [1.54, 1.807) is 54.6 Å². The molecule has 0 unspecified atom stereocenters. The van der Waals surface area contributed by atoms with Crippen LogP contribution in [0.15, 0.2) is 72.4 Å². The number of para-hydroxylation sites is 2. The summed E-state index contributed by atoms with van der Waals surface area (Å²) in [5.41, 5.74) is 2.00. The van der Waals surface area contributed by atoms with Gasteiger partial charge in [-0.3, -0.25) is 9.59 Å². The third-order valence-electron chi connectivity index (χ3n) is 5.45. The first-order chi connectivity index (χ1) is 17.9. The number of hydrogen-bond donors (Lipinski definition) is 2. The molecular weight excluding hydrogens is 498 g/mol. The van der Waals surface area contributed by atoms with Gasteiger partial charge in [0.05, 0.1) is 19.9 Å². The monoisotopic (exact) mass is 521 g/mol. The molecule has 4 amide bonds. The van der Waals surface area contributed by atoms with Crippen molar-refractivity contribution in [2.24, 2.45) is 0 Å². The zero-order chi connectivity index (χ0) is 26.4. The molecule has 1 fully saturated rings. The van der Waals surface area contributed by atoms with E-state index >= 15 is 0 Å². The number of carbonyl (C=O) groups excluding carboxylic acids is 3. The molecule has 4 rings (SSSR count). The maximum atomic E-state index is 12.8. The van der Waals surface area contributed by atoms with E-state index in [2.05, 4.69) is 10.6 Å². The number of imide groups is 1. The predicted molar refractivity (Wildman–Crippen MR) is 139 cm³/mol. The van der Waals surface area contributed by atoms with Crippen LogP contribution < -0.4 is 24.8 Å². The van der Waals surface area contributed by atoms with Gasteiger partial charge in [-0.05, 0) is 53.6 Å². The van der Waals surface area contributed by atoms with Crippen molar-refractivity contribution in [2.75, 3.05) is 26.1 Å². The number of nitrogens with one attached hydrogen (secondary N) is 2. The summed E-state index contributed by atoms with van der Waals surface area (Å²) in [6.07, 6.45) is 1.50. The molecule has 37 heavy (non-hydrogen) atoms. The second-order valence-corrected chi connectivity index (χ2v) is 8.39. The van der Waals surface area contributed by atoms with Gasteiger partial charge in [-0.1, -0.05) is 41.9 Å². The summed E-state index contributed by atoms with van der Waals surface area (Å²) in [6.45, 7) is -0.144. The Morgan fingerprint density at radius 2 is 1.70 bits per heavy atom. The van der Waals surface area contributed by atoms with Crippen LogP contribution in [-0.2, 0) is 16.2 Å². The average molecular weight is 522 g/mol. The van der Waals surface area contributed by atoms with Gasteiger partial charge in [0.1, 0.15) is 24.6 Å². The van der Waals surface area contributed by atoms with E-state index in [9.17, 15) is 14.4 Å². The molecule has 10 heteroatoms. The fourth-order valence-electron chi connectivity index (χ4n) is 3.60. The number of anilines is 1.